The molecule has 0 atom stereocenters. The molecule has 146 valence electrons. The van der Waals surface area contributed by atoms with Gasteiger partial charge in [-0.15, -0.1) is 13.2 Å². The molecule has 26 heavy (non-hydrogen) atoms. The summed E-state index contributed by atoms with van der Waals surface area (Å²) in [6.07, 6.45) is 6.14. The lowest BCUT2D eigenvalue weighted by Crippen LogP contribution is -2.25. The van der Waals surface area contributed by atoms with Crippen LogP contribution in [0.5, 0.6) is 5.75 Å². The third kappa shape index (κ3) is 5.51. The van der Waals surface area contributed by atoms with Crippen molar-refractivity contribution >= 4 is 9.52 Å². The minimum atomic E-state index is -4.61. The van der Waals surface area contributed by atoms with Crippen LogP contribution < -0.4 is 4.74 Å². The summed E-state index contributed by atoms with van der Waals surface area (Å²) in [6, 6.07) is 7.98. The Balaban J connectivity index is 1.46. The number of hydrogen-bond acceptors (Lipinski definition) is 1. The van der Waals surface area contributed by atoms with Crippen molar-refractivity contribution in [3.05, 3.63) is 29.8 Å². The van der Waals surface area contributed by atoms with Gasteiger partial charge in [-0.3, -0.25) is 0 Å². The molecule has 1 aromatic carbocycles. The van der Waals surface area contributed by atoms with Crippen LogP contribution >= 0.6 is 0 Å². The fourth-order valence-corrected chi connectivity index (χ4v) is 7.09. The van der Waals surface area contributed by atoms with Gasteiger partial charge in [0.25, 0.3) is 0 Å². The van der Waals surface area contributed by atoms with Gasteiger partial charge >= 0.3 is 6.36 Å². The highest BCUT2D eigenvalue weighted by Gasteiger charge is 2.32. The minimum absolute atomic E-state index is 0.123. The molecule has 2 aliphatic carbocycles. The molecule has 0 radical (unpaired) electrons. The Bertz CT molecular complexity index is 541. The molecule has 2 saturated carbocycles. The second-order valence-electron chi connectivity index (χ2n) is 8.30. The van der Waals surface area contributed by atoms with Crippen LogP contribution in [0.15, 0.2) is 24.3 Å². The summed E-state index contributed by atoms with van der Waals surface area (Å²) >= 11 is 0. The fraction of sp³-hybridized carbons (Fsp3) is 0.714. The monoisotopic (exact) mass is 384 g/mol. The predicted molar refractivity (Wildman–Crippen MR) is 103 cm³/mol. The van der Waals surface area contributed by atoms with Crippen molar-refractivity contribution in [2.45, 2.75) is 82.2 Å². The zero-order valence-corrected chi connectivity index (χ0v) is 17.1. The first-order valence-electron chi connectivity index (χ1n) is 10.3. The summed E-state index contributed by atoms with van der Waals surface area (Å²) in [6.45, 7) is 2.35. The van der Waals surface area contributed by atoms with E-state index in [0.717, 1.165) is 22.9 Å². The highest BCUT2D eigenvalue weighted by Crippen LogP contribution is 2.45. The Kier molecular flexibility index (Phi) is 6.70. The van der Waals surface area contributed by atoms with E-state index in [1.165, 1.54) is 69.5 Å². The molecule has 0 bridgehead atoms. The quantitative estimate of drug-likeness (QED) is 0.530. The Morgan fingerprint density at radius 2 is 1.42 bits per heavy atom. The molecule has 0 aromatic heterocycles. The van der Waals surface area contributed by atoms with Crippen LogP contribution in [0.25, 0.3) is 0 Å². The minimum Gasteiger partial charge on any atom is -0.406 e. The first-order chi connectivity index (χ1) is 12.4. The standard InChI is InChI=1S/C21H31F3OSi/c1-2-26-20-13-9-18(10-14-20)16-5-3-15(4-6-16)17-7-11-19(12-8-17)25-21(22,23)24/h7-8,11-12,15-16,18,20H,2-6,9-10,13-14,26H2,1H3/t15?,16?,18-,20-. The highest BCUT2D eigenvalue weighted by molar-refractivity contribution is 6.37. The van der Waals surface area contributed by atoms with Crippen LogP contribution in [-0.4, -0.2) is 15.9 Å². The first-order valence-corrected chi connectivity index (χ1v) is 12.1. The molecular formula is C21H31F3OSi. The molecular weight excluding hydrogens is 353 g/mol. The molecule has 1 nitrogen and oxygen atoms in total. The number of halogens is 3. The average Bonchev–Trinajstić information content (AvgIpc) is 2.62. The summed E-state index contributed by atoms with van der Waals surface area (Å²) in [5, 5.41) is 0. The van der Waals surface area contributed by atoms with Gasteiger partial charge in [-0.25, -0.2) is 0 Å². The molecule has 2 aliphatic rings. The molecule has 0 N–H and O–H groups in total. The summed E-state index contributed by atoms with van der Waals surface area (Å²) in [5.41, 5.74) is 2.26. The van der Waals surface area contributed by atoms with E-state index in [4.69, 9.17) is 0 Å². The Hall–Kier alpha value is -0.973. The molecule has 3 rings (SSSR count). The Morgan fingerprint density at radius 1 is 0.885 bits per heavy atom. The van der Waals surface area contributed by atoms with E-state index in [9.17, 15) is 13.2 Å². The summed E-state index contributed by atoms with van der Waals surface area (Å²) < 4.78 is 40.8. The number of benzene rings is 1. The van der Waals surface area contributed by atoms with E-state index in [2.05, 4.69) is 11.7 Å². The zero-order chi connectivity index (χ0) is 18.6. The molecule has 2 fully saturated rings. The van der Waals surface area contributed by atoms with Crippen molar-refractivity contribution < 1.29 is 17.9 Å². The maximum Gasteiger partial charge on any atom is 0.573 e. The van der Waals surface area contributed by atoms with E-state index in [1.807, 2.05) is 12.1 Å². The van der Waals surface area contributed by atoms with Crippen LogP contribution in [-0.2, 0) is 0 Å². The summed E-state index contributed by atoms with van der Waals surface area (Å²) in [7, 11) is 0.186. The molecule has 1 aromatic rings. The van der Waals surface area contributed by atoms with Gasteiger partial charge in [-0.05, 0) is 61.1 Å². The predicted octanol–water partition coefficient (Wildman–Crippen LogP) is 6.44. The van der Waals surface area contributed by atoms with Crippen LogP contribution in [0.3, 0.4) is 0 Å². The van der Waals surface area contributed by atoms with Crippen molar-refractivity contribution in [2.75, 3.05) is 0 Å². The smallest absolute Gasteiger partial charge is 0.406 e. The van der Waals surface area contributed by atoms with Crippen LogP contribution in [0.4, 0.5) is 13.2 Å². The second-order valence-corrected chi connectivity index (χ2v) is 11.0. The SMILES string of the molecule is CC[SiH2][C@H]1CC[C@H](C2CCC(c3ccc(OC(F)(F)F)cc3)CC2)CC1. The first kappa shape index (κ1) is 19.8. The van der Waals surface area contributed by atoms with Gasteiger partial charge in [-0.1, -0.05) is 56.3 Å². The summed E-state index contributed by atoms with van der Waals surface area (Å²) in [4.78, 5) is 0. The topological polar surface area (TPSA) is 9.23 Å². The van der Waals surface area contributed by atoms with Crippen LogP contribution in [0, 0.1) is 11.8 Å². The van der Waals surface area contributed by atoms with Gasteiger partial charge in [0.05, 0.1) is 0 Å². The van der Waals surface area contributed by atoms with Crippen LogP contribution in [0.2, 0.25) is 11.6 Å². The van der Waals surface area contributed by atoms with Gasteiger partial charge in [0.15, 0.2) is 0 Å². The van der Waals surface area contributed by atoms with Crippen molar-refractivity contribution in [3.63, 3.8) is 0 Å². The number of ether oxygens (including phenoxy) is 1. The Morgan fingerprint density at radius 3 is 1.92 bits per heavy atom. The maximum atomic E-state index is 12.3. The van der Waals surface area contributed by atoms with Gasteiger partial charge in [-0.2, -0.15) is 0 Å². The number of hydrogen-bond donors (Lipinski definition) is 0. The number of alkyl halides is 3. The van der Waals surface area contributed by atoms with Crippen molar-refractivity contribution in [1.29, 1.82) is 0 Å². The van der Waals surface area contributed by atoms with Gasteiger partial charge in [0.1, 0.15) is 5.75 Å². The van der Waals surface area contributed by atoms with Crippen molar-refractivity contribution in [1.82, 2.24) is 0 Å². The highest BCUT2D eigenvalue weighted by atomic mass is 28.2. The molecule has 0 saturated heterocycles. The van der Waals surface area contributed by atoms with E-state index < -0.39 is 6.36 Å². The average molecular weight is 385 g/mol. The largest absolute Gasteiger partial charge is 0.573 e. The molecule has 0 unspecified atom stereocenters. The van der Waals surface area contributed by atoms with Gasteiger partial charge in [0, 0.05) is 9.52 Å². The third-order valence-electron chi connectivity index (χ3n) is 6.61. The van der Waals surface area contributed by atoms with E-state index in [-0.39, 0.29) is 15.3 Å². The lowest BCUT2D eigenvalue weighted by Gasteiger charge is -2.38. The molecule has 0 amide bonds. The zero-order valence-electron chi connectivity index (χ0n) is 15.7. The lowest BCUT2D eigenvalue weighted by atomic mass is 9.70. The number of rotatable bonds is 5. The fourth-order valence-electron chi connectivity index (χ4n) is 5.22. The normalized spacial score (nSPS) is 30.6. The van der Waals surface area contributed by atoms with Crippen molar-refractivity contribution in [2.24, 2.45) is 11.8 Å². The summed E-state index contributed by atoms with van der Waals surface area (Å²) in [5.74, 6) is 2.18. The second kappa shape index (κ2) is 8.81. The molecule has 0 aliphatic heterocycles. The van der Waals surface area contributed by atoms with E-state index in [1.54, 1.807) is 0 Å². The van der Waals surface area contributed by atoms with E-state index >= 15 is 0 Å². The molecule has 0 heterocycles. The van der Waals surface area contributed by atoms with Gasteiger partial charge in [0.2, 0.25) is 0 Å². The maximum absolute atomic E-state index is 12.3. The van der Waals surface area contributed by atoms with Crippen molar-refractivity contribution in [3.8, 4) is 5.75 Å². The van der Waals surface area contributed by atoms with Gasteiger partial charge < -0.3 is 4.74 Å². The molecule has 0 spiro atoms. The third-order valence-corrected chi connectivity index (χ3v) is 8.82. The Labute approximate surface area is 157 Å². The van der Waals surface area contributed by atoms with E-state index in [0.29, 0.717) is 5.92 Å². The van der Waals surface area contributed by atoms with Crippen LogP contribution in [0.1, 0.15) is 69.8 Å². The molecule has 5 heteroatoms. The lowest BCUT2D eigenvalue weighted by molar-refractivity contribution is -0.274.